The molecule has 3 aromatic rings. The summed E-state index contributed by atoms with van der Waals surface area (Å²) < 4.78 is 5.36. The fourth-order valence-electron chi connectivity index (χ4n) is 3.72. The van der Waals surface area contributed by atoms with Gasteiger partial charge in [0.2, 0.25) is 0 Å². The van der Waals surface area contributed by atoms with Gasteiger partial charge < -0.3 is 15.4 Å². The van der Waals surface area contributed by atoms with Gasteiger partial charge in [-0.2, -0.15) is 0 Å². The van der Waals surface area contributed by atoms with E-state index in [-0.39, 0.29) is 16.8 Å². The van der Waals surface area contributed by atoms with Crippen LogP contribution in [0, 0.1) is 6.92 Å². The highest BCUT2D eigenvalue weighted by atomic mass is 35.5. The van der Waals surface area contributed by atoms with Crippen LogP contribution < -0.4 is 10.6 Å². The summed E-state index contributed by atoms with van der Waals surface area (Å²) in [5, 5.41) is 6.79. The summed E-state index contributed by atoms with van der Waals surface area (Å²) in [6.07, 6.45) is 1.57. The minimum absolute atomic E-state index is 0.103. The van der Waals surface area contributed by atoms with E-state index in [9.17, 15) is 9.59 Å². The predicted octanol–water partition coefficient (Wildman–Crippen LogP) is 3.42. The maximum atomic E-state index is 13.1. The Morgan fingerprint density at radius 1 is 1.12 bits per heavy atom. The van der Waals surface area contributed by atoms with E-state index in [1.165, 1.54) is 0 Å². The minimum Gasteiger partial charge on any atom is -0.379 e. The Balaban J connectivity index is 1.57. The first kappa shape index (κ1) is 23.9. The molecule has 7 nitrogen and oxygen atoms in total. The van der Waals surface area contributed by atoms with Crippen LogP contribution in [-0.2, 0) is 9.53 Å². The SMILES string of the molecule is Cc1ccc2cc(/C=C(\NC(=O)c3ccccc3)C(=O)NCCN3CCOCC3)c(Cl)nc2c1. The van der Waals surface area contributed by atoms with Gasteiger partial charge in [-0.15, -0.1) is 0 Å². The topological polar surface area (TPSA) is 83.6 Å². The first-order valence-corrected chi connectivity index (χ1v) is 11.6. The van der Waals surface area contributed by atoms with Gasteiger partial charge in [0.15, 0.2) is 0 Å². The molecule has 0 saturated carbocycles. The summed E-state index contributed by atoms with van der Waals surface area (Å²) >= 11 is 6.45. The fourth-order valence-corrected chi connectivity index (χ4v) is 3.92. The van der Waals surface area contributed by atoms with Crippen molar-refractivity contribution in [3.8, 4) is 0 Å². The van der Waals surface area contributed by atoms with E-state index >= 15 is 0 Å². The molecule has 34 heavy (non-hydrogen) atoms. The number of amides is 2. The van der Waals surface area contributed by atoms with Crippen LogP contribution >= 0.6 is 11.6 Å². The van der Waals surface area contributed by atoms with Crippen LogP contribution in [0.4, 0.5) is 0 Å². The molecular weight excluding hydrogens is 452 g/mol. The number of ether oxygens (including phenoxy) is 1. The summed E-state index contributed by atoms with van der Waals surface area (Å²) in [7, 11) is 0. The highest BCUT2D eigenvalue weighted by Gasteiger charge is 2.17. The number of morpholine rings is 1. The third-order valence-corrected chi connectivity index (χ3v) is 5.90. The largest absolute Gasteiger partial charge is 0.379 e. The number of aromatic nitrogens is 1. The third-order valence-electron chi connectivity index (χ3n) is 5.60. The lowest BCUT2D eigenvalue weighted by atomic mass is 10.1. The van der Waals surface area contributed by atoms with Gasteiger partial charge in [-0.3, -0.25) is 14.5 Å². The van der Waals surface area contributed by atoms with Crippen molar-refractivity contribution in [3.05, 3.63) is 82.1 Å². The van der Waals surface area contributed by atoms with E-state index in [1.54, 1.807) is 30.3 Å². The Hall–Kier alpha value is -3.26. The van der Waals surface area contributed by atoms with Gasteiger partial charge in [0.1, 0.15) is 10.9 Å². The number of hydrogen-bond donors (Lipinski definition) is 2. The average molecular weight is 479 g/mol. The molecule has 0 atom stereocenters. The maximum absolute atomic E-state index is 13.1. The number of rotatable bonds is 7. The Labute approximate surface area is 203 Å². The molecule has 1 aliphatic rings. The van der Waals surface area contributed by atoms with Crippen LogP contribution in [0.15, 0.2) is 60.3 Å². The van der Waals surface area contributed by atoms with Crippen LogP contribution in [0.5, 0.6) is 0 Å². The van der Waals surface area contributed by atoms with Crippen molar-refractivity contribution >= 4 is 40.4 Å². The second-order valence-electron chi connectivity index (χ2n) is 8.15. The first-order chi connectivity index (χ1) is 16.5. The average Bonchev–Trinajstić information content (AvgIpc) is 2.85. The van der Waals surface area contributed by atoms with E-state index in [0.717, 1.165) is 29.6 Å². The van der Waals surface area contributed by atoms with Crippen LogP contribution in [0.3, 0.4) is 0 Å². The molecule has 1 aromatic heterocycles. The van der Waals surface area contributed by atoms with Crippen molar-refractivity contribution in [2.24, 2.45) is 0 Å². The van der Waals surface area contributed by atoms with E-state index in [2.05, 4.69) is 20.5 Å². The molecule has 0 aliphatic carbocycles. The zero-order valence-electron chi connectivity index (χ0n) is 19.0. The molecule has 2 heterocycles. The highest BCUT2D eigenvalue weighted by molar-refractivity contribution is 6.31. The number of pyridine rings is 1. The fraction of sp³-hybridized carbons (Fsp3) is 0.269. The third kappa shape index (κ3) is 6.20. The molecule has 8 heteroatoms. The number of nitrogens with one attached hydrogen (secondary N) is 2. The molecule has 0 radical (unpaired) electrons. The number of nitrogens with zero attached hydrogens (tertiary/aromatic N) is 2. The molecule has 1 saturated heterocycles. The van der Waals surface area contributed by atoms with E-state index < -0.39 is 5.91 Å². The molecule has 2 aromatic carbocycles. The van der Waals surface area contributed by atoms with Gasteiger partial charge in [0.25, 0.3) is 11.8 Å². The Kier molecular flexibility index (Phi) is 7.90. The minimum atomic E-state index is -0.391. The normalized spacial score (nSPS) is 14.7. The van der Waals surface area contributed by atoms with Crippen LogP contribution in [0.1, 0.15) is 21.5 Å². The standard InChI is InChI=1S/C26H27ClN4O3/c1-18-7-8-20-16-21(24(27)29-22(20)15-18)17-23(30-25(32)19-5-3-2-4-6-19)26(33)28-9-10-31-11-13-34-14-12-31/h2-8,15-17H,9-14H2,1H3,(H,28,33)(H,30,32)/b23-17-. The van der Waals surface area contributed by atoms with E-state index in [0.29, 0.717) is 37.4 Å². The van der Waals surface area contributed by atoms with Crippen molar-refractivity contribution in [2.75, 3.05) is 39.4 Å². The lowest BCUT2D eigenvalue weighted by molar-refractivity contribution is -0.117. The van der Waals surface area contributed by atoms with Crippen molar-refractivity contribution < 1.29 is 14.3 Å². The molecule has 2 amide bonds. The van der Waals surface area contributed by atoms with Crippen LogP contribution in [0.2, 0.25) is 5.15 Å². The summed E-state index contributed by atoms with van der Waals surface area (Å²) in [5.41, 5.74) is 2.95. The number of halogens is 1. The molecule has 0 unspecified atom stereocenters. The molecule has 1 aliphatic heterocycles. The molecule has 4 rings (SSSR count). The van der Waals surface area contributed by atoms with Gasteiger partial charge in [-0.1, -0.05) is 41.9 Å². The molecule has 1 fully saturated rings. The summed E-state index contributed by atoms with van der Waals surface area (Å²) in [6, 6.07) is 16.5. The maximum Gasteiger partial charge on any atom is 0.267 e. The van der Waals surface area contributed by atoms with Gasteiger partial charge in [-0.25, -0.2) is 4.98 Å². The quantitative estimate of drug-likeness (QED) is 0.401. The molecule has 0 bridgehead atoms. The number of benzene rings is 2. The molecule has 0 spiro atoms. The first-order valence-electron chi connectivity index (χ1n) is 11.2. The van der Waals surface area contributed by atoms with Crippen molar-refractivity contribution in [2.45, 2.75) is 6.92 Å². The number of carbonyl (C=O) groups is 2. The number of aryl methyl sites for hydroxylation is 1. The smallest absolute Gasteiger partial charge is 0.267 e. The Morgan fingerprint density at radius 3 is 2.65 bits per heavy atom. The van der Waals surface area contributed by atoms with Gasteiger partial charge in [0, 0.05) is 42.7 Å². The second-order valence-corrected chi connectivity index (χ2v) is 8.51. The second kappa shape index (κ2) is 11.2. The number of fused-ring (bicyclic) bond motifs is 1. The predicted molar refractivity (Wildman–Crippen MR) is 134 cm³/mol. The lowest BCUT2D eigenvalue weighted by Crippen LogP contribution is -2.42. The molecular formula is C26H27ClN4O3. The zero-order chi connectivity index (χ0) is 23.9. The van der Waals surface area contributed by atoms with Gasteiger partial charge in [-0.05, 0) is 42.8 Å². The summed E-state index contributed by atoms with van der Waals surface area (Å²) in [6.45, 7) is 6.19. The number of carbonyl (C=O) groups excluding carboxylic acids is 2. The Morgan fingerprint density at radius 2 is 1.88 bits per heavy atom. The Bertz CT molecular complexity index is 1210. The highest BCUT2D eigenvalue weighted by Crippen LogP contribution is 2.23. The lowest BCUT2D eigenvalue weighted by Gasteiger charge is -2.26. The number of hydrogen-bond acceptors (Lipinski definition) is 5. The van der Waals surface area contributed by atoms with Crippen molar-refractivity contribution in [3.63, 3.8) is 0 Å². The van der Waals surface area contributed by atoms with Crippen molar-refractivity contribution in [1.82, 2.24) is 20.5 Å². The zero-order valence-corrected chi connectivity index (χ0v) is 19.8. The van der Waals surface area contributed by atoms with E-state index in [1.807, 2.05) is 37.3 Å². The summed E-state index contributed by atoms with van der Waals surface area (Å²) in [5.74, 6) is -0.770. The molecule has 2 N–H and O–H groups in total. The van der Waals surface area contributed by atoms with Gasteiger partial charge >= 0.3 is 0 Å². The monoisotopic (exact) mass is 478 g/mol. The van der Waals surface area contributed by atoms with Crippen LogP contribution in [0.25, 0.3) is 17.0 Å². The van der Waals surface area contributed by atoms with Crippen LogP contribution in [-0.4, -0.2) is 61.1 Å². The summed E-state index contributed by atoms with van der Waals surface area (Å²) in [4.78, 5) is 32.6. The molecule has 176 valence electrons. The van der Waals surface area contributed by atoms with E-state index in [4.69, 9.17) is 16.3 Å². The van der Waals surface area contributed by atoms with Gasteiger partial charge in [0.05, 0.1) is 18.7 Å². The van der Waals surface area contributed by atoms with Crippen molar-refractivity contribution in [1.29, 1.82) is 0 Å².